The van der Waals surface area contributed by atoms with Gasteiger partial charge in [-0.1, -0.05) is 80.7 Å². The summed E-state index contributed by atoms with van der Waals surface area (Å²) in [5.74, 6) is 0.410. The largest absolute Gasteiger partial charge is 0.507 e. The number of benzene rings is 2. The van der Waals surface area contributed by atoms with Crippen LogP contribution in [-0.4, -0.2) is 47.2 Å². The highest BCUT2D eigenvalue weighted by molar-refractivity contribution is 6.06. The Morgan fingerprint density at radius 2 is 1.74 bits per heavy atom. The van der Waals surface area contributed by atoms with Gasteiger partial charge in [0.15, 0.2) is 0 Å². The molecule has 0 bridgehead atoms. The van der Waals surface area contributed by atoms with Gasteiger partial charge in [-0.15, -0.1) is 0 Å². The molecular weight excluding hydrogens is 526 g/mol. The van der Waals surface area contributed by atoms with Gasteiger partial charge in [-0.05, 0) is 67.9 Å². The van der Waals surface area contributed by atoms with E-state index in [-0.39, 0.29) is 47.5 Å². The summed E-state index contributed by atoms with van der Waals surface area (Å²) in [6.07, 6.45) is 11.4. The van der Waals surface area contributed by atoms with Gasteiger partial charge in [-0.25, -0.2) is 0 Å². The van der Waals surface area contributed by atoms with Gasteiger partial charge in [-0.2, -0.15) is 0 Å². The summed E-state index contributed by atoms with van der Waals surface area (Å²) in [5, 5.41) is 10.3. The number of amides is 2. The van der Waals surface area contributed by atoms with Gasteiger partial charge in [0.2, 0.25) is 11.8 Å². The van der Waals surface area contributed by atoms with Crippen LogP contribution in [0.2, 0.25) is 0 Å². The molecule has 0 aromatic heterocycles. The van der Waals surface area contributed by atoms with E-state index >= 15 is 0 Å². The Labute approximate surface area is 249 Å². The molecule has 2 heterocycles. The van der Waals surface area contributed by atoms with Crippen LogP contribution in [-0.2, 0) is 14.3 Å². The van der Waals surface area contributed by atoms with Crippen molar-refractivity contribution in [1.29, 1.82) is 0 Å². The summed E-state index contributed by atoms with van der Waals surface area (Å²) in [6.45, 7) is 3.05. The highest BCUT2D eigenvalue weighted by Crippen LogP contribution is 2.51. The molecule has 222 valence electrons. The summed E-state index contributed by atoms with van der Waals surface area (Å²) in [7, 11) is 0. The molecule has 2 aromatic rings. The number of fused-ring (bicyclic) bond motifs is 3. The number of phenolic OH excluding ortho intramolecular Hbond substituents is 1. The predicted octanol–water partition coefficient (Wildman–Crippen LogP) is 7.08. The van der Waals surface area contributed by atoms with Gasteiger partial charge in [-0.3, -0.25) is 14.5 Å². The van der Waals surface area contributed by atoms with Gasteiger partial charge in [0.1, 0.15) is 18.1 Å². The van der Waals surface area contributed by atoms with E-state index in [9.17, 15) is 14.7 Å². The van der Waals surface area contributed by atoms with Crippen molar-refractivity contribution in [3.63, 3.8) is 0 Å². The van der Waals surface area contributed by atoms with Crippen molar-refractivity contribution in [1.82, 2.24) is 4.90 Å². The fourth-order valence-electron chi connectivity index (χ4n) is 7.75. The minimum absolute atomic E-state index is 0.0208. The minimum Gasteiger partial charge on any atom is -0.507 e. The van der Waals surface area contributed by atoms with Crippen LogP contribution >= 0.6 is 0 Å². The van der Waals surface area contributed by atoms with E-state index in [4.69, 9.17) is 9.47 Å². The van der Waals surface area contributed by atoms with Gasteiger partial charge < -0.3 is 14.6 Å². The molecule has 42 heavy (non-hydrogen) atoms. The summed E-state index contributed by atoms with van der Waals surface area (Å²) >= 11 is 0. The molecule has 4 atom stereocenters. The summed E-state index contributed by atoms with van der Waals surface area (Å²) in [4.78, 5) is 29.4. The zero-order valence-corrected chi connectivity index (χ0v) is 24.7. The van der Waals surface area contributed by atoms with E-state index in [0.717, 1.165) is 68.3 Å². The third kappa shape index (κ3) is 5.78. The van der Waals surface area contributed by atoms with Crippen LogP contribution in [0.1, 0.15) is 76.7 Å². The lowest BCUT2D eigenvalue weighted by Crippen LogP contribution is -2.42. The Balaban J connectivity index is 1.26. The average Bonchev–Trinajstić information content (AvgIpc) is 3.55. The van der Waals surface area contributed by atoms with Crippen molar-refractivity contribution in [3.8, 4) is 11.5 Å². The maximum atomic E-state index is 13.9. The van der Waals surface area contributed by atoms with E-state index in [1.807, 2.05) is 48.5 Å². The lowest BCUT2D eigenvalue weighted by Gasteiger charge is -2.32. The number of hydrogen-bond acceptors (Lipinski definition) is 5. The molecule has 0 radical (unpaired) electrons. The minimum atomic E-state index is -0.327. The zero-order chi connectivity index (χ0) is 29.1. The number of aromatic hydroxyl groups is 1. The number of carbonyl (C=O) groups is 2. The van der Waals surface area contributed by atoms with Crippen LogP contribution in [0, 0.1) is 17.8 Å². The number of hydrogen-bond donors (Lipinski definition) is 1. The molecule has 2 aliphatic heterocycles. The number of phenols is 1. The SMILES string of the molecule is CCC/C(=C\c1ccccc1O)CC[C@H]1OC[C@H]2C1=C(COc1ccccc1)C[C@H]1C(=O)N(C3CCCCC3)C(=O)[C@H]12. The van der Waals surface area contributed by atoms with Crippen molar-refractivity contribution in [2.24, 2.45) is 17.8 Å². The standard InChI is InChI=1S/C36H43NO5/c1-2-11-24(20-25-12-9-10-17-31(25)38)18-19-32-33-26(22-41-28-15-7-4-8-16-28)21-29-34(30(33)23-42-32)36(40)37(35(29)39)27-13-5-3-6-14-27/h4,7-10,12,15-17,20,27,29-30,32,34,38H,2-3,5-6,11,13-14,18-19,21-23H2,1H3/b24-20+/t29-,30+,32-,34-/m1/s1. The number of ether oxygens (including phenoxy) is 2. The predicted molar refractivity (Wildman–Crippen MR) is 163 cm³/mol. The first-order valence-corrected chi connectivity index (χ1v) is 15.9. The highest BCUT2D eigenvalue weighted by Gasteiger charge is 2.58. The first kappa shape index (κ1) is 28.7. The molecule has 6 nitrogen and oxygen atoms in total. The zero-order valence-electron chi connectivity index (χ0n) is 24.7. The van der Waals surface area contributed by atoms with Crippen molar-refractivity contribution in [3.05, 3.63) is 76.9 Å². The molecule has 1 N–H and O–H groups in total. The van der Waals surface area contributed by atoms with Gasteiger partial charge in [0.05, 0.1) is 24.5 Å². The first-order chi connectivity index (χ1) is 20.5. The van der Waals surface area contributed by atoms with E-state index in [0.29, 0.717) is 19.6 Å². The molecule has 4 aliphatic rings. The number of allylic oxidation sites excluding steroid dienone is 1. The second-order valence-corrected chi connectivity index (χ2v) is 12.4. The number of imide groups is 1. The maximum absolute atomic E-state index is 13.9. The Kier molecular flexibility index (Phi) is 8.80. The molecule has 0 spiro atoms. The third-order valence-electron chi connectivity index (χ3n) is 9.73. The van der Waals surface area contributed by atoms with Gasteiger partial charge in [0.25, 0.3) is 0 Å². The average molecular weight is 570 g/mol. The quantitative estimate of drug-likeness (QED) is 0.244. The Hall–Kier alpha value is -3.38. The van der Waals surface area contributed by atoms with Crippen LogP contribution < -0.4 is 4.74 Å². The van der Waals surface area contributed by atoms with Crippen molar-refractivity contribution >= 4 is 17.9 Å². The van der Waals surface area contributed by atoms with Crippen LogP contribution in [0.15, 0.2) is 71.3 Å². The molecule has 6 heteroatoms. The molecule has 6 rings (SSSR count). The number of para-hydroxylation sites is 2. The molecule has 2 saturated heterocycles. The second-order valence-electron chi connectivity index (χ2n) is 12.4. The molecule has 2 aromatic carbocycles. The summed E-state index contributed by atoms with van der Waals surface area (Å²) in [6, 6.07) is 17.3. The molecule has 1 saturated carbocycles. The number of rotatable bonds is 10. The lowest BCUT2D eigenvalue weighted by molar-refractivity contribution is -0.143. The Morgan fingerprint density at radius 1 is 0.976 bits per heavy atom. The number of likely N-dealkylation sites (tertiary alicyclic amines) is 1. The highest BCUT2D eigenvalue weighted by atomic mass is 16.5. The second kappa shape index (κ2) is 12.9. The van der Waals surface area contributed by atoms with E-state index in [2.05, 4.69) is 13.0 Å². The number of nitrogens with zero attached hydrogens (tertiary/aromatic N) is 1. The van der Waals surface area contributed by atoms with Crippen LogP contribution in [0.5, 0.6) is 11.5 Å². The van der Waals surface area contributed by atoms with Gasteiger partial charge in [0, 0.05) is 17.5 Å². The lowest BCUT2D eigenvalue weighted by atomic mass is 9.69. The third-order valence-corrected chi connectivity index (χ3v) is 9.73. The topological polar surface area (TPSA) is 76.1 Å². The van der Waals surface area contributed by atoms with Gasteiger partial charge >= 0.3 is 0 Å². The molecular formula is C36H43NO5. The number of carbonyl (C=O) groups excluding carboxylic acids is 2. The monoisotopic (exact) mass is 569 g/mol. The molecule has 0 unspecified atom stereocenters. The van der Waals surface area contributed by atoms with E-state index < -0.39 is 0 Å². The fraction of sp³-hybridized carbons (Fsp3) is 0.500. The summed E-state index contributed by atoms with van der Waals surface area (Å²) < 4.78 is 12.7. The molecule has 2 amide bonds. The first-order valence-electron chi connectivity index (χ1n) is 15.9. The van der Waals surface area contributed by atoms with Crippen molar-refractivity contribution in [2.75, 3.05) is 13.2 Å². The molecule has 2 aliphatic carbocycles. The van der Waals surface area contributed by atoms with Crippen LogP contribution in [0.25, 0.3) is 6.08 Å². The van der Waals surface area contributed by atoms with Crippen LogP contribution in [0.4, 0.5) is 0 Å². The van der Waals surface area contributed by atoms with E-state index in [1.165, 1.54) is 17.6 Å². The maximum Gasteiger partial charge on any atom is 0.234 e. The normalized spacial score (nSPS) is 26.5. The van der Waals surface area contributed by atoms with Crippen molar-refractivity contribution in [2.45, 2.75) is 83.3 Å². The van der Waals surface area contributed by atoms with Crippen LogP contribution in [0.3, 0.4) is 0 Å². The Morgan fingerprint density at radius 3 is 2.50 bits per heavy atom. The van der Waals surface area contributed by atoms with Crippen molar-refractivity contribution < 1.29 is 24.2 Å². The van der Waals surface area contributed by atoms with E-state index in [1.54, 1.807) is 11.0 Å². The Bertz CT molecular complexity index is 1340. The smallest absolute Gasteiger partial charge is 0.234 e. The fourth-order valence-corrected chi connectivity index (χ4v) is 7.75. The molecule has 3 fully saturated rings. The summed E-state index contributed by atoms with van der Waals surface area (Å²) in [5.41, 5.74) is 4.43.